The Morgan fingerprint density at radius 3 is 2.16 bits per heavy atom. The molecule has 0 amide bonds. The molecule has 0 aromatic carbocycles. The summed E-state index contributed by atoms with van der Waals surface area (Å²) >= 11 is 0. The molecule has 5 rings (SSSR count). The van der Waals surface area contributed by atoms with Crippen molar-refractivity contribution in [2.45, 2.75) is 126 Å². The smallest absolute Gasteiger partial charge is 0.0594 e. The van der Waals surface area contributed by atoms with Crippen molar-refractivity contribution < 1.29 is 5.11 Å². The van der Waals surface area contributed by atoms with Gasteiger partial charge in [-0.2, -0.15) is 0 Å². The second-order valence-corrected chi connectivity index (χ2v) is 15.2. The van der Waals surface area contributed by atoms with Gasteiger partial charge in [-0.3, -0.25) is 0 Å². The zero-order valence-corrected chi connectivity index (χ0v) is 21.9. The maximum Gasteiger partial charge on any atom is 0.0594 e. The molecule has 0 aromatic heterocycles. The molecule has 1 heteroatoms. The van der Waals surface area contributed by atoms with Crippen LogP contribution in [0.1, 0.15) is 120 Å². The lowest BCUT2D eigenvalue weighted by Gasteiger charge is -2.71. The normalized spacial score (nSPS) is 55.2. The molecule has 31 heavy (non-hydrogen) atoms. The molecule has 8 atom stereocenters. The number of aliphatic hydroxyl groups excluding tert-OH is 1. The lowest BCUT2D eigenvalue weighted by Crippen LogP contribution is -2.64. The van der Waals surface area contributed by atoms with Crippen molar-refractivity contribution in [2.75, 3.05) is 0 Å². The summed E-state index contributed by atoms with van der Waals surface area (Å²) < 4.78 is 0. The fraction of sp³-hybridized carbons (Fsp3) is 0.933. The number of rotatable bonds is 0. The summed E-state index contributed by atoms with van der Waals surface area (Å²) in [5.41, 5.74) is 4.09. The van der Waals surface area contributed by atoms with E-state index in [1.165, 1.54) is 57.8 Å². The Balaban J connectivity index is 1.57. The van der Waals surface area contributed by atoms with Gasteiger partial charge in [0.05, 0.1) is 6.10 Å². The van der Waals surface area contributed by atoms with Crippen LogP contribution in [0.2, 0.25) is 0 Å². The molecule has 0 aliphatic heterocycles. The summed E-state index contributed by atoms with van der Waals surface area (Å²) in [6.45, 7) is 20.4. The highest BCUT2D eigenvalue weighted by Gasteiger charge is 2.67. The molecule has 0 aromatic rings. The molecule has 1 nitrogen and oxygen atoms in total. The lowest BCUT2D eigenvalue weighted by atomic mass is 9.33. The van der Waals surface area contributed by atoms with Crippen molar-refractivity contribution in [3.63, 3.8) is 0 Å². The van der Waals surface area contributed by atoms with E-state index in [1.807, 2.05) is 5.57 Å². The first-order valence-corrected chi connectivity index (χ1v) is 13.6. The van der Waals surface area contributed by atoms with E-state index in [1.54, 1.807) is 0 Å². The average molecular weight is 427 g/mol. The molecule has 0 spiro atoms. The fourth-order valence-electron chi connectivity index (χ4n) is 10.5. The topological polar surface area (TPSA) is 20.2 Å². The van der Waals surface area contributed by atoms with Crippen LogP contribution in [0.4, 0.5) is 0 Å². The Hall–Kier alpha value is -0.300. The van der Waals surface area contributed by atoms with Gasteiger partial charge in [-0.15, -0.1) is 0 Å². The number of hydrogen-bond donors (Lipinski definition) is 1. The first-order chi connectivity index (χ1) is 14.2. The van der Waals surface area contributed by atoms with Gasteiger partial charge in [0.2, 0.25) is 0 Å². The maximum atomic E-state index is 10.9. The summed E-state index contributed by atoms with van der Waals surface area (Å²) in [4.78, 5) is 0. The number of fused-ring (bicyclic) bond motifs is 7. The first kappa shape index (κ1) is 22.5. The molecule has 1 N–H and O–H groups in total. The molecule has 0 bridgehead atoms. The van der Waals surface area contributed by atoms with E-state index < -0.39 is 0 Å². The van der Waals surface area contributed by atoms with E-state index >= 15 is 0 Å². The average Bonchev–Trinajstić information content (AvgIpc) is 2.67. The highest BCUT2D eigenvalue weighted by atomic mass is 16.3. The maximum absolute atomic E-state index is 10.9. The Morgan fingerprint density at radius 2 is 1.45 bits per heavy atom. The third-order valence-electron chi connectivity index (χ3n) is 13.0. The van der Waals surface area contributed by atoms with Crippen molar-refractivity contribution in [3.05, 3.63) is 11.6 Å². The standard InChI is InChI=1S/C30H50O/c1-25(2)15-16-27(5)17-18-29(7)20(21(27)19-25)9-10-23-28(6)13-12-24(31)26(3,4)22(28)11-14-30(23,29)8/h9,21-24,31H,10-19H2,1-8H3/t21?,22-,23+,24?,27+,28-,29+,30+/m0/s1. The van der Waals surface area contributed by atoms with E-state index in [0.29, 0.717) is 33.0 Å². The van der Waals surface area contributed by atoms with Gasteiger partial charge in [0.15, 0.2) is 0 Å². The zero-order valence-electron chi connectivity index (χ0n) is 21.9. The lowest BCUT2D eigenvalue weighted by molar-refractivity contribution is -0.202. The van der Waals surface area contributed by atoms with Gasteiger partial charge in [0.25, 0.3) is 0 Å². The minimum Gasteiger partial charge on any atom is -0.393 e. The number of aliphatic hydroxyl groups is 1. The van der Waals surface area contributed by atoms with Crippen LogP contribution in [0.25, 0.3) is 0 Å². The third kappa shape index (κ3) is 2.77. The van der Waals surface area contributed by atoms with E-state index in [4.69, 9.17) is 0 Å². The van der Waals surface area contributed by atoms with Crippen LogP contribution in [0.15, 0.2) is 11.6 Å². The molecule has 0 radical (unpaired) electrons. The summed E-state index contributed by atoms with van der Waals surface area (Å²) in [5.74, 6) is 2.21. The Bertz CT molecular complexity index is 790. The van der Waals surface area contributed by atoms with Gasteiger partial charge >= 0.3 is 0 Å². The summed E-state index contributed by atoms with van der Waals surface area (Å²) in [6, 6.07) is 0. The summed E-state index contributed by atoms with van der Waals surface area (Å²) in [7, 11) is 0. The van der Waals surface area contributed by atoms with Gasteiger partial charge in [-0.1, -0.05) is 67.0 Å². The van der Waals surface area contributed by atoms with Crippen molar-refractivity contribution in [1.82, 2.24) is 0 Å². The predicted molar refractivity (Wildman–Crippen MR) is 131 cm³/mol. The molecule has 0 heterocycles. The first-order valence-electron chi connectivity index (χ1n) is 13.6. The van der Waals surface area contributed by atoms with Crippen LogP contribution in [0.5, 0.6) is 0 Å². The van der Waals surface area contributed by atoms with Crippen LogP contribution in [-0.4, -0.2) is 11.2 Å². The van der Waals surface area contributed by atoms with Crippen LogP contribution in [0.3, 0.4) is 0 Å². The quantitative estimate of drug-likeness (QED) is 0.387. The Morgan fingerprint density at radius 1 is 0.774 bits per heavy atom. The molecule has 5 aliphatic rings. The molecular weight excluding hydrogens is 376 g/mol. The Kier molecular flexibility index (Phi) is 4.66. The molecule has 2 unspecified atom stereocenters. The van der Waals surface area contributed by atoms with Gasteiger partial charge < -0.3 is 5.11 Å². The minimum absolute atomic E-state index is 0.0533. The van der Waals surface area contributed by atoms with Crippen LogP contribution in [-0.2, 0) is 0 Å². The van der Waals surface area contributed by atoms with Gasteiger partial charge in [-0.05, 0) is 114 Å². The Labute approximate surface area is 192 Å². The third-order valence-corrected chi connectivity index (χ3v) is 13.0. The van der Waals surface area contributed by atoms with Crippen LogP contribution in [0, 0.1) is 50.2 Å². The van der Waals surface area contributed by atoms with E-state index in [2.05, 4.69) is 61.5 Å². The number of allylic oxidation sites excluding steroid dienone is 2. The SMILES string of the molecule is CC1(C)CC[C@]2(C)CC[C@]3(C)C(=CC[C@@H]4[C@@]5(C)CCC(O)C(C)(C)[C@@H]5CC[C@]43C)C2C1. The second-order valence-electron chi connectivity index (χ2n) is 15.2. The molecule has 4 saturated carbocycles. The molecule has 0 saturated heterocycles. The van der Waals surface area contributed by atoms with E-state index in [9.17, 15) is 5.11 Å². The highest BCUT2D eigenvalue weighted by Crippen LogP contribution is 2.75. The largest absolute Gasteiger partial charge is 0.393 e. The van der Waals surface area contributed by atoms with E-state index in [-0.39, 0.29) is 11.5 Å². The molecular formula is C30H50O. The zero-order chi connectivity index (χ0) is 22.7. The highest BCUT2D eigenvalue weighted by molar-refractivity contribution is 5.33. The van der Waals surface area contributed by atoms with Crippen molar-refractivity contribution in [3.8, 4) is 0 Å². The minimum atomic E-state index is -0.125. The second kappa shape index (κ2) is 6.43. The summed E-state index contributed by atoms with van der Waals surface area (Å²) in [6.07, 6.45) is 15.9. The van der Waals surface area contributed by atoms with Crippen molar-refractivity contribution in [2.24, 2.45) is 50.2 Å². The van der Waals surface area contributed by atoms with Crippen LogP contribution >= 0.6 is 0 Å². The van der Waals surface area contributed by atoms with Crippen LogP contribution < -0.4 is 0 Å². The molecule has 4 fully saturated rings. The van der Waals surface area contributed by atoms with Crippen molar-refractivity contribution in [1.29, 1.82) is 0 Å². The molecule has 5 aliphatic carbocycles. The monoisotopic (exact) mass is 426 g/mol. The van der Waals surface area contributed by atoms with Gasteiger partial charge in [-0.25, -0.2) is 0 Å². The molecule has 176 valence electrons. The fourth-order valence-corrected chi connectivity index (χ4v) is 10.5. The number of hydrogen-bond acceptors (Lipinski definition) is 1. The summed E-state index contributed by atoms with van der Waals surface area (Å²) in [5, 5.41) is 10.9. The predicted octanol–water partition coefficient (Wildman–Crippen LogP) is 8.17. The van der Waals surface area contributed by atoms with Gasteiger partial charge in [0.1, 0.15) is 0 Å². The van der Waals surface area contributed by atoms with Crippen molar-refractivity contribution >= 4 is 0 Å². The van der Waals surface area contributed by atoms with E-state index in [0.717, 1.165) is 18.3 Å². The van der Waals surface area contributed by atoms with Gasteiger partial charge in [0, 0.05) is 0 Å².